The van der Waals surface area contributed by atoms with Crippen LogP contribution < -0.4 is 0 Å². The van der Waals surface area contributed by atoms with Crippen molar-refractivity contribution in [1.29, 1.82) is 0 Å². The quantitative estimate of drug-likeness (QED) is 0.277. The first kappa shape index (κ1) is 20.1. The van der Waals surface area contributed by atoms with Gasteiger partial charge in [-0.25, -0.2) is 9.98 Å². The van der Waals surface area contributed by atoms with Gasteiger partial charge in [-0.1, -0.05) is 43.3 Å². The number of hydrogen-bond donors (Lipinski definition) is 1. The van der Waals surface area contributed by atoms with Gasteiger partial charge in [0.2, 0.25) is 6.40 Å². The molecule has 1 aliphatic rings. The summed E-state index contributed by atoms with van der Waals surface area (Å²) in [6, 6.07) is 15.0. The van der Waals surface area contributed by atoms with Crippen molar-refractivity contribution in [2.24, 2.45) is 4.99 Å². The maximum atomic E-state index is 13.5. The molecule has 0 radical (unpaired) electrons. The van der Waals surface area contributed by atoms with E-state index in [1.165, 1.54) is 19.1 Å². The fourth-order valence-corrected chi connectivity index (χ4v) is 3.98. The number of H-pyrrole nitrogens is 1. The number of benzene rings is 2. The molecule has 2 aromatic carbocycles. The first-order valence-electron chi connectivity index (χ1n) is 10.3. The molecule has 0 bridgehead atoms. The summed E-state index contributed by atoms with van der Waals surface area (Å²) in [6.45, 7) is 2.80. The van der Waals surface area contributed by atoms with Crippen molar-refractivity contribution in [3.05, 3.63) is 65.5 Å². The molecule has 0 aliphatic carbocycles. The Morgan fingerprint density at radius 2 is 2.17 bits per heavy atom. The highest BCUT2D eigenvalue weighted by atomic mass is 17.2. The molecular formula is C23H26N4O3. The fraction of sp³-hybridized carbons (Fsp3) is 0.348. The average Bonchev–Trinajstić information content (AvgIpc) is 3.43. The highest BCUT2D eigenvalue weighted by molar-refractivity contribution is 5.85. The van der Waals surface area contributed by atoms with Crippen LogP contribution in [0.5, 0.6) is 0 Å². The SMILES string of the molecule is CCc1ccc2[nH]c([C@@H]3CCCN3C(=O)[C@H](/N=C\OOC)c3ccccc3)nc2c1. The van der Waals surface area contributed by atoms with E-state index in [-0.39, 0.29) is 11.9 Å². The maximum Gasteiger partial charge on any atom is 0.252 e. The number of aromatic nitrogens is 2. The molecule has 1 amide bonds. The van der Waals surface area contributed by atoms with E-state index >= 15 is 0 Å². The van der Waals surface area contributed by atoms with Gasteiger partial charge in [-0.05, 0) is 42.5 Å². The van der Waals surface area contributed by atoms with Gasteiger partial charge in [0, 0.05) is 6.54 Å². The Morgan fingerprint density at radius 3 is 2.93 bits per heavy atom. The van der Waals surface area contributed by atoms with Crippen molar-refractivity contribution in [2.75, 3.05) is 13.7 Å². The average molecular weight is 406 g/mol. The molecule has 30 heavy (non-hydrogen) atoms. The van der Waals surface area contributed by atoms with Gasteiger partial charge in [0.25, 0.3) is 5.91 Å². The predicted molar refractivity (Wildman–Crippen MR) is 115 cm³/mol. The fourth-order valence-electron chi connectivity index (χ4n) is 3.98. The molecule has 7 nitrogen and oxygen atoms in total. The molecule has 0 unspecified atom stereocenters. The lowest BCUT2D eigenvalue weighted by atomic mass is 10.1. The number of fused-ring (bicyclic) bond motifs is 1. The summed E-state index contributed by atoms with van der Waals surface area (Å²) in [7, 11) is 1.40. The third-order valence-electron chi connectivity index (χ3n) is 5.52. The van der Waals surface area contributed by atoms with Gasteiger partial charge in [0.1, 0.15) is 5.82 Å². The monoisotopic (exact) mass is 406 g/mol. The number of rotatable bonds is 7. The molecule has 1 aromatic heterocycles. The number of nitrogens with one attached hydrogen (secondary N) is 1. The van der Waals surface area contributed by atoms with Gasteiger partial charge in [-0.3, -0.25) is 4.79 Å². The third-order valence-corrected chi connectivity index (χ3v) is 5.52. The van der Waals surface area contributed by atoms with E-state index in [4.69, 9.17) is 9.87 Å². The van der Waals surface area contributed by atoms with Crippen LogP contribution in [0.2, 0.25) is 0 Å². The third kappa shape index (κ3) is 4.07. The van der Waals surface area contributed by atoms with E-state index in [2.05, 4.69) is 40.0 Å². The van der Waals surface area contributed by atoms with E-state index < -0.39 is 6.04 Å². The standard InChI is InChI=1S/C23H26N4O3/c1-3-16-11-12-18-19(14-16)26-22(25-18)20-10-7-13-27(20)23(28)21(24-15-30-29-2)17-8-5-4-6-9-17/h4-6,8-9,11-12,14-15,20-21H,3,7,10,13H2,1-2H3,(H,25,26)/b24-15-/t20-,21+/m0/s1. The molecule has 1 N–H and O–H groups in total. The van der Waals surface area contributed by atoms with Crippen LogP contribution in [0.1, 0.15) is 48.8 Å². The zero-order valence-electron chi connectivity index (χ0n) is 17.2. The van der Waals surface area contributed by atoms with Crippen LogP contribution in [0.3, 0.4) is 0 Å². The lowest BCUT2D eigenvalue weighted by molar-refractivity contribution is -0.188. The molecule has 2 atom stereocenters. The number of nitrogens with zero attached hydrogens (tertiary/aromatic N) is 3. The van der Waals surface area contributed by atoms with E-state index in [0.29, 0.717) is 6.54 Å². The van der Waals surface area contributed by atoms with Crippen LogP contribution >= 0.6 is 0 Å². The van der Waals surface area contributed by atoms with E-state index in [0.717, 1.165) is 41.7 Å². The number of aryl methyl sites for hydroxylation is 1. The zero-order valence-corrected chi connectivity index (χ0v) is 17.2. The number of aromatic amines is 1. The van der Waals surface area contributed by atoms with Crippen molar-refractivity contribution in [3.63, 3.8) is 0 Å². The van der Waals surface area contributed by atoms with E-state index in [1.54, 1.807) is 0 Å². The van der Waals surface area contributed by atoms with Crippen LogP contribution in [0.25, 0.3) is 11.0 Å². The van der Waals surface area contributed by atoms with Crippen molar-refractivity contribution in [3.8, 4) is 0 Å². The predicted octanol–water partition coefficient (Wildman–Crippen LogP) is 4.14. The molecule has 4 rings (SSSR count). The summed E-state index contributed by atoms with van der Waals surface area (Å²) >= 11 is 0. The molecule has 3 aromatic rings. The molecular weight excluding hydrogens is 380 g/mol. The highest BCUT2D eigenvalue weighted by Crippen LogP contribution is 2.34. The largest absolute Gasteiger partial charge is 0.340 e. The molecule has 1 fully saturated rings. The van der Waals surface area contributed by atoms with Crippen LogP contribution in [0.15, 0.2) is 53.5 Å². The number of aliphatic imine (C=N–C) groups is 1. The minimum Gasteiger partial charge on any atom is -0.340 e. The Balaban J connectivity index is 1.63. The Labute approximate surface area is 175 Å². The first-order valence-corrected chi connectivity index (χ1v) is 10.3. The van der Waals surface area contributed by atoms with Crippen LogP contribution in [-0.2, 0) is 21.0 Å². The second-order valence-electron chi connectivity index (χ2n) is 7.35. The summed E-state index contributed by atoms with van der Waals surface area (Å²) in [4.78, 5) is 37.3. The number of hydrogen-bond acceptors (Lipinski definition) is 5. The van der Waals surface area contributed by atoms with Gasteiger partial charge in [-0.2, -0.15) is 4.89 Å². The second kappa shape index (κ2) is 9.09. The number of amides is 1. The Hall–Kier alpha value is -3.19. The van der Waals surface area contributed by atoms with Crippen LogP contribution in [0, 0.1) is 0 Å². The van der Waals surface area contributed by atoms with Crippen molar-refractivity contribution in [2.45, 2.75) is 38.3 Å². The van der Waals surface area contributed by atoms with Crippen molar-refractivity contribution < 1.29 is 14.6 Å². The summed E-state index contributed by atoms with van der Waals surface area (Å²) < 4.78 is 0. The minimum absolute atomic E-state index is 0.0747. The number of carbonyl (C=O) groups is 1. The Morgan fingerprint density at radius 1 is 1.33 bits per heavy atom. The summed E-state index contributed by atoms with van der Waals surface area (Å²) in [5.41, 5.74) is 3.99. The molecule has 1 saturated heterocycles. The lowest BCUT2D eigenvalue weighted by Gasteiger charge is -2.26. The maximum absolute atomic E-state index is 13.5. The zero-order chi connectivity index (χ0) is 20.9. The number of carbonyl (C=O) groups excluding carboxylic acids is 1. The molecule has 0 saturated carbocycles. The highest BCUT2D eigenvalue weighted by Gasteiger charge is 2.36. The van der Waals surface area contributed by atoms with Crippen molar-refractivity contribution >= 4 is 23.3 Å². The Bertz CT molecular complexity index is 1030. The summed E-state index contributed by atoms with van der Waals surface area (Å²) in [5.74, 6) is 0.752. The Kier molecular flexibility index (Phi) is 6.09. The first-order chi connectivity index (χ1) is 14.7. The van der Waals surface area contributed by atoms with Gasteiger partial charge in [-0.15, -0.1) is 0 Å². The molecule has 0 spiro atoms. The second-order valence-corrected chi connectivity index (χ2v) is 7.35. The van der Waals surface area contributed by atoms with Gasteiger partial charge >= 0.3 is 0 Å². The topological polar surface area (TPSA) is 79.8 Å². The minimum atomic E-state index is -0.696. The van der Waals surface area contributed by atoms with Gasteiger partial charge < -0.3 is 14.8 Å². The normalized spacial score (nSPS) is 17.7. The molecule has 156 valence electrons. The lowest BCUT2D eigenvalue weighted by Crippen LogP contribution is -2.34. The summed E-state index contributed by atoms with van der Waals surface area (Å²) in [5, 5.41) is 0. The molecule has 1 aliphatic heterocycles. The summed E-state index contributed by atoms with van der Waals surface area (Å²) in [6.07, 6.45) is 3.93. The van der Waals surface area contributed by atoms with Crippen LogP contribution in [0.4, 0.5) is 0 Å². The number of imidazole rings is 1. The molecule has 7 heteroatoms. The van der Waals surface area contributed by atoms with E-state index in [1.807, 2.05) is 35.2 Å². The van der Waals surface area contributed by atoms with Gasteiger partial charge in [0.05, 0.1) is 24.2 Å². The smallest absolute Gasteiger partial charge is 0.252 e. The van der Waals surface area contributed by atoms with E-state index in [9.17, 15) is 4.79 Å². The van der Waals surface area contributed by atoms with Crippen LogP contribution in [-0.4, -0.2) is 40.8 Å². The molecule has 2 heterocycles. The van der Waals surface area contributed by atoms with Gasteiger partial charge in [0.15, 0.2) is 6.04 Å². The van der Waals surface area contributed by atoms with Crippen molar-refractivity contribution in [1.82, 2.24) is 14.9 Å². The number of likely N-dealkylation sites (tertiary alicyclic amines) is 1.